The van der Waals surface area contributed by atoms with Crippen LogP contribution in [0.15, 0.2) is 54.6 Å². The molecule has 2 N–H and O–H groups in total. The van der Waals surface area contributed by atoms with Crippen LogP contribution < -0.4 is 25.0 Å². The van der Waals surface area contributed by atoms with E-state index < -0.39 is 17.5 Å². The molecule has 3 aromatic rings. The van der Waals surface area contributed by atoms with Crippen LogP contribution in [0.4, 0.5) is 20.2 Å². The average molecular weight is 608 g/mol. The van der Waals surface area contributed by atoms with Crippen LogP contribution in [0.3, 0.4) is 0 Å². The zero-order valence-corrected chi connectivity index (χ0v) is 24.7. The third-order valence-electron chi connectivity index (χ3n) is 7.84. The Morgan fingerprint density at radius 2 is 1.36 bits per heavy atom. The Bertz CT molecular complexity index is 1540. The zero-order valence-electron chi connectivity index (χ0n) is 24.7. The summed E-state index contributed by atoms with van der Waals surface area (Å²) < 4.78 is 38.0. The van der Waals surface area contributed by atoms with Gasteiger partial charge in [0.15, 0.2) is 23.1 Å². The number of rotatable bonds is 7. The van der Waals surface area contributed by atoms with Crippen LogP contribution in [0.1, 0.15) is 37.5 Å². The summed E-state index contributed by atoms with van der Waals surface area (Å²) in [6.07, 6.45) is 0.829. The van der Waals surface area contributed by atoms with Crippen molar-refractivity contribution >= 4 is 29.1 Å². The highest BCUT2D eigenvalue weighted by atomic mass is 19.2. The van der Waals surface area contributed by atoms with Gasteiger partial charge in [0.2, 0.25) is 0 Å². The maximum Gasteiger partial charge on any atom is 0.255 e. The summed E-state index contributed by atoms with van der Waals surface area (Å²) in [6.45, 7) is 4.43. The third-order valence-corrected chi connectivity index (χ3v) is 7.84. The topological polar surface area (TPSA) is 103 Å². The first-order chi connectivity index (χ1) is 21.3. The molecule has 44 heavy (non-hydrogen) atoms. The summed E-state index contributed by atoms with van der Waals surface area (Å²) in [4.78, 5) is 45.3. The van der Waals surface area contributed by atoms with Gasteiger partial charge in [-0.15, -0.1) is 0 Å². The van der Waals surface area contributed by atoms with Gasteiger partial charge in [-0.2, -0.15) is 0 Å². The van der Waals surface area contributed by atoms with Crippen LogP contribution in [-0.4, -0.2) is 94.1 Å². The predicted molar refractivity (Wildman–Crippen MR) is 162 cm³/mol. The van der Waals surface area contributed by atoms with E-state index in [9.17, 15) is 23.2 Å². The minimum atomic E-state index is -1.13. The molecule has 2 aliphatic heterocycles. The SMILES string of the molecule is COc1ccc(C(=O)N2CCN(c3ccc(C(=O)N4CCCNCC4)cc3NC(=O)c3ccc(F)c(F)c3)CC2)cc1OC. The van der Waals surface area contributed by atoms with E-state index in [1.807, 2.05) is 4.90 Å². The lowest BCUT2D eigenvalue weighted by Crippen LogP contribution is -2.49. The average Bonchev–Trinajstić information content (AvgIpc) is 3.35. The Balaban J connectivity index is 1.37. The molecule has 0 aromatic heterocycles. The molecule has 3 amide bonds. The van der Waals surface area contributed by atoms with Crippen LogP contribution in [0.2, 0.25) is 0 Å². The molecule has 2 fully saturated rings. The van der Waals surface area contributed by atoms with Crippen molar-refractivity contribution in [1.29, 1.82) is 0 Å². The van der Waals surface area contributed by atoms with Crippen LogP contribution in [0.25, 0.3) is 0 Å². The summed E-state index contributed by atoms with van der Waals surface area (Å²) in [7, 11) is 3.04. The largest absolute Gasteiger partial charge is 0.493 e. The molecular formula is C32H35F2N5O5. The van der Waals surface area contributed by atoms with E-state index in [1.165, 1.54) is 20.3 Å². The second-order valence-electron chi connectivity index (χ2n) is 10.6. The van der Waals surface area contributed by atoms with Crippen molar-refractivity contribution in [1.82, 2.24) is 15.1 Å². The van der Waals surface area contributed by atoms with Crippen molar-refractivity contribution < 1.29 is 32.6 Å². The fourth-order valence-corrected chi connectivity index (χ4v) is 5.41. The molecule has 2 saturated heterocycles. The molecule has 2 heterocycles. The van der Waals surface area contributed by atoms with Gasteiger partial charge in [-0.1, -0.05) is 0 Å². The number of halogens is 2. The van der Waals surface area contributed by atoms with E-state index in [4.69, 9.17) is 9.47 Å². The highest BCUT2D eigenvalue weighted by Gasteiger charge is 2.26. The molecule has 0 atom stereocenters. The number of anilines is 2. The first kappa shape index (κ1) is 30.7. The number of amides is 3. The predicted octanol–water partition coefficient (Wildman–Crippen LogP) is 3.63. The number of benzene rings is 3. The van der Waals surface area contributed by atoms with Gasteiger partial charge in [0.1, 0.15) is 0 Å². The fourth-order valence-electron chi connectivity index (χ4n) is 5.41. The Kier molecular flexibility index (Phi) is 9.59. The lowest BCUT2D eigenvalue weighted by atomic mass is 10.1. The van der Waals surface area contributed by atoms with Gasteiger partial charge >= 0.3 is 0 Å². The molecule has 232 valence electrons. The smallest absolute Gasteiger partial charge is 0.255 e. The second-order valence-corrected chi connectivity index (χ2v) is 10.6. The molecule has 0 unspecified atom stereocenters. The number of methoxy groups -OCH3 is 2. The molecule has 0 saturated carbocycles. The van der Waals surface area contributed by atoms with Gasteiger partial charge in [-0.25, -0.2) is 8.78 Å². The van der Waals surface area contributed by atoms with Crippen molar-refractivity contribution in [2.45, 2.75) is 6.42 Å². The highest BCUT2D eigenvalue weighted by Crippen LogP contribution is 2.31. The quantitative estimate of drug-likeness (QED) is 0.423. The normalized spacial score (nSPS) is 15.4. The monoisotopic (exact) mass is 607 g/mol. The van der Waals surface area contributed by atoms with Crippen LogP contribution in [0, 0.1) is 11.6 Å². The van der Waals surface area contributed by atoms with Crippen LogP contribution >= 0.6 is 0 Å². The minimum absolute atomic E-state index is 0.0597. The first-order valence-corrected chi connectivity index (χ1v) is 14.5. The molecule has 0 aliphatic carbocycles. The van der Waals surface area contributed by atoms with Crippen molar-refractivity contribution in [3.8, 4) is 11.5 Å². The van der Waals surface area contributed by atoms with Gasteiger partial charge in [0.05, 0.1) is 25.6 Å². The molecule has 0 radical (unpaired) electrons. The Morgan fingerprint density at radius 3 is 2.07 bits per heavy atom. The lowest BCUT2D eigenvalue weighted by molar-refractivity contribution is 0.0743. The summed E-state index contributed by atoms with van der Waals surface area (Å²) in [5.74, 6) is -2.14. The Labute approximate surface area is 254 Å². The number of hydrogen-bond acceptors (Lipinski definition) is 7. The van der Waals surface area contributed by atoms with E-state index in [0.29, 0.717) is 79.8 Å². The Hall–Kier alpha value is -4.71. The number of carbonyl (C=O) groups is 3. The molecule has 5 rings (SSSR count). The lowest BCUT2D eigenvalue weighted by Gasteiger charge is -2.37. The van der Waals surface area contributed by atoms with Crippen molar-refractivity contribution in [3.05, 3.63) is 82.9 Å². The minimum Gasteiger partial charge on any atom is -0.493 e. The summed E-state index contributed by atoms with van der Waals surface area (Å²) in [5.41, 5.74) is 1.82. The van der Waals surface area contributed by atoms with E-state index >= 15 is 0 Å². The van der Waals surface area contributed by atoms with Gasteiger partial charge < -0.3 is 34.8 Å². The number of nitrogens with one attached hydrogen (secondary N) is 2. The fraction of sp³-hybridized carbons (Fsp3) is 0.344. The van der Waals surface area contributed by atoms with Gasteiger partial charge in [-0.05, 0) is 67.6 Å². The van der Waals surface area contributed by atoms with E-state index in [-0.39, 0.29) is 17.4 Å². The van der Waals surface area contributed by atoms with Gasteiger partial charge in [0.25, 0.3) is 17.7 Å². The summed E-state index contributed by atoms with van der Waals surface area (Å²) in [6, 6.07) is 13.1. The highest BCUT2D eigenvalue weighted by molar-refractivity contribution is 6.07. The van der Waals surface area contributed by atoms with Crippen LogP contribution in [0.5, 0.6) is 11.5 Å². The number of nitrogens with zero attached hydrogens (tertiary/aromatic N) is 3. The van der Waals surface area contributed by atoms with E-state index in [0.717, 1.165) is 25.1 Å². The molecule has 0 bridgehead atoms. The molecule has 3 aromatic carbocycles. The third kappa shape index (κ3) is 6.75. The zero-order chi connectivity index (χ0) is 31.2. The molecule has 2 aliphatic rings. The molecule has 12 heteroatoms. The number of piperazine rings is 1. The van der Waals surface area contributed by atoms with Crippen molar-refractivity contribution in [2.24, 2.45) is 0 Å². The molecule has 0 spiro atoms. The summed E-state index contributed by atoms with van der Waals surface area (Å²) >= 11 is 0. The standard InChI is InChI=1S/C32H35F2N5O5/c1-43-28-9-6-23(20-29(28)44-2)32(42)39-16-14-37(15-17-39)27-8-5-22(31(41)38-12-3-10-35-11-13-38)19-26(27)36-30(40)21-4-7-24(33)25(34)18-21/h4-9,18-20,35H,3,10-17H2,1-2H3,(H,36,40). The van der Waals surface area contributed by atoms with Gasteiger partial charge in [-0.3, -0.25) is 14.4 Å². The molecular weight excluding hydrogens is 572 g/mol. The summed E-state index contributed by atoms with van der Waals surface area (Å²) in [5, 5.41) is 6.08. The maximum atomic E-state index is 13.9. The maximum absolute atomic E-state index is 13.9. The number of ether oxygens (including phenoxy) is 2. The van der Waals surface area contributed by atoms with Gasteiger partial charge in [0, 0.05) is 62.5 Å². The van der Waals surface area contributed by atoms with Crippen LogP contribution in [-0.2, 0) is 0 Å². The van der Waals surface area contributed by atoms with E-state index in [1.54, 1.807) is 46.2 Å². The van der Waals surface area contributed by atoms with Crippen molar-refractivity contribution in [3.63, 3.8) is 0 Å². The van der Waals surface area contributed by atoms with Crippen molar-refractivity contribution in [2.75, 3.05) is 76.8 Å². The van der Waals surface area contributed by atoms with E-state index in [2.05, 4.69) is 10.6 Å². The number of hydrogen-bond donors (Lipinski definition) is 2. The Morgan fingerprint density at radius 1 is 0.705 bits per heavy atom. The second kappa shape index (κ2) is 13.7. The number of carbonyl (C=O) groups excluding carboxylic acids is 3. The first-order valence-electron chi connectivity index (χ1n) is 14.5. The molecule has 10 nitrogen and oxygen atoms in total.